The molecule has 1 aliphatic rings. The summed E-state index contributed by atoms with van der Waals surface area (Å²) in [6, 6.07) is 16.2. The monoisotopic (exact) mass is 606 g/mol. The van der Waals surface area contributed by atoms with E-state index in [4.69, 9.17) is 10.2 Å². The predicted molar refractivity (Wildman–Crippen MR) is 152 cm³/mol. The number of sulfonamides is 1. The number of nitrogens with one attached hydrogen (secondary N) is 1. The first-order valence-corrected chi connectivity index (χ1v) is 14.6. The van der Waals surface area contributed by atoms with Gasteiger partial charge in [0.1, 0.15) is 11.4 Å². The molecular weight excluding hydrogens is 569 g/mol. The van der Waals surface area contributed by atoms with E-state index in [9.17, 15) is 31.5 Å². The normalized spacial score (nSPS) is 20.5. The van der Waals surface area contributed by atoms with E-state index in [2.05, 4.69) is 9.71 Å². The maximum absolute atomic E-state index is 13.6. The third kappa shape index (κ3) is 7.13. The van der Waals surface area contributed by atoms with Crippen molar-refractivity contribution in [1.29, 1.82) is 0 Å². The van der Waals surface area contributed by atoms with Gasteiger partial charge in [0.15, 0.2) is 5.03 Å². The van der Waals surface area contributed by atoms with Gasteiger partial charge in [-0.2, -0.15) is 21.6 Å². The molecule has 0 radical (unpaired) electrons. The fourth-order valence-electron chi connectivity index (χ4n) is 4.93. The standard InChI is InChI=1S/C31H33F3N2O5S/c1-3-16-30(17-15-21-9-6-5-7-10-21)19-26(37)28(29(38)41-30)25(4-2)22-11-8-12-24(18-22)36-42(39,40)27-14-13-23(20-35-27)31(32,33)34/h5-14,18,20,25,36-37H,3-4,15-17,19H2,1-2H3/t25-,30-/m1/s1/i3D2,16D2. The highest BCUT2D eigenvalue weighted by Crippen LogP contribution is 2.42. The highest BCUT2D eigenvalue weighted by molar-refractivity contribution is 7.92. The number of pyridine rings is 1. The van der Waals surface area contributed by atoms with E-state index in [0.717, 1.165) is 18.6 Å². The second-order valence-corrected chi connectivity index (χ2v) is 11.5. The van der Waals surface area contributed by atoms with Crippen LogP contribution in [0.15, 0.2) is 89.3 Å². The molecule has 2 aromatic carbocycles. The van der Waals surface area contributed by atoms with Crippen LogP contribution in [0, 0.1) is 0 Å². The first-order chi connectivity index (χ1) is 21.3. The Kier molecular flexibility index (Phi) is 7.72. The molecule has 1 aliphatic heterocycles. The number of aliphatic hydroxyl groups is 1. The van der Waals surface area contributed by atoms with Crippen LogP contribution in [0.3, 0.4) is 0 Å². The molecule has 0 amide bonds. The molecule has 224 valence electrons. The van der Waals surface area contributed by atoms with E-state index in [-0.39, 0.29) is 30.5 Å². The van der Waals surface area contributed by atoms with Crippen LogP contribution in [-0.2, 0) is 32.2 Å². The number of esters is 1. The number of aliphatic hydroxyl groups excluding tert-OH is 1. The summed E-state index contributed by atoms with van der Waals surface area (Å²) in [5.74, 6) is -2.33. The molecule has 11 heteroatoms. The fraction of sp³-hybridized carbons (Fsp3) is 0.355. The molecule has 0 aliphatic carbocycles. The van der Waals surface area contributed by atoms with E-state index in [1.165, 1.54) is 18.2 Å². The van der Waals surface area contributed by atoms with Gasteiger partial charge in [0.25, 0.3) is 10.0 Å². The summed E-state index contributed by atoms with van der Waals surface area (Å²) in [5.41, 5.74) is -2.14. The molecule has 4 rings (SSSR count). The number of aryl methyl sites for hydroxylation is 1. The van der Waals surface area contributed by atoms with Crippen molar-refractivity contribution >= 4 is 21.7 Å². The van der Waals surface area contributed by atoms with Crippen LogP contribution in [0.25, 0.3) is 0 Å². The van der Waals surface area contributed by atoms with E-state index in [1.807, 2.05) is 0 Å². The summed E-state index contributed by atoms with van der Waals surface area (Å²) in [5, 5.41) is 10.7. The molecule has 0 saturated carbocycles. The van der Waals surface area contributed by atoms with E-state index in [1.54, 1.807) is 43.3 Å². The van der Waals surface area contributed by atoms with Crippen LogP contribution in [0.1, 0.15) is 73.9 Å². The molecule has 1 aromatic heterocycles. The summed E-state index contributed by atoms with van der Waals surface area (Å²) >= 11 is 0. The van der Waals surface area contributed by atoms with Gasteiger partial charge in [-0.3, -0.25) is 4.72 Å². The minimum Gasteiger partial charge on any atom is -0.512 e. The molecule has 2 atom stereocenters. The van der Waals surface area contributed by atoms with Crippen LogP contribution >= 0.6 is 0 Å². The van der Waals surface area contributed by atoms with E-state index < -0.39 is 69.2 Å². The molecule has 42 heavy (non-hydrogen) atoms. The minimum atomic E-state index is -4.70. The zero-order valence-corrected chi connectivity index (χ0v) is 23.7. The Morgan fingerprint density at radius 2 is 1.86 bits per heavy atom. The maximum atomic E-state index is 13.6. The number of carbonyl (C=O) groups excluding carboxylic acids is 1. The SMILES string of the molecule is [2H]C([2H])(C)C([2H])([2H])[C@@]1(CCc2ccccc2)CC(O)=C([C@H](CC)c2cccc(NS(=O)(=O)c3ccc(C(F)(F)F)cn3)c2)C(=O)O1. The molecule has 0 spiro atoms. The third-order valence-corrected chi connectivity index (χ3v) is 8.22. The minimum absolute atomic E-state index is 0.00892. The molecule has 2 heterocycles. The fourth-order valence-corrected chi connectivity index (χ4v) is 5.91. The highest BCUT2D eigenvalue weighted by atomic mass is 32.2. The number of carbonyl (C=O) groups is 1. The lowest BCUT2D eigenvalue weighted by Crippen LogP contribution is -2.41. The van der Waals surface area contributed by atoms with Crippen molar-refractivity contribution in [1.82, 2.24) is 4.98 Å². The van der Waals surface area contributed by atoms with Gasteiger partial charge in [-0.25, -0.2) is 9.78 Å². The number of ether oxygens (including phenoxy) is 1. The van der Waals surface area contributed by atoms with Crippen molar-refractivity contribution in [3.8, 4) is 0 Å². The van der Waals surface area contributed by atoms with Crippen molar-refractivity contribution < 1.29 is 41.7 Å². The molecule has 0 unspecified atom stereocenters. The van der Waals surface area contributed by atoms with Gasteiger partial charge in [0.2, 0.25) is 0 Å². The Balaban J connectivity index is 1.66. The average Bonchev–Trinajstić information content (AvgIpc) is 2.97. The molecule has 3 aromatic rings. The highest BCUT2D eigenvalue weighted by Gasteiger charge is 2.43. The summed E-state index contributed by atoms with van der Waals surface area (Å²) in [6.07, 6.45) is -9.61. The van der Waals surface area contributed by atoms with Gasteiger partial charge >= 0.3 is 12.1 Å². The summed E-state index contributed by atoms with van der Waals surface area (Å²) < 4.78 is 106. The molecular formula is C31H33F3N2O5S. The van der Waals surface area contributed by atoms with Crippen molar-refractivity contribution in [2.24, 2.45) is 0 Å². The molecule has 0 bridgehead atoms. The zero-order valence-electron chi connectivity index (χ0n) is 26.9. The lowest BCUT2D eigenvalue weighted by Gasteiger charge is -2.38. The van der Waals surface area contributed by atoms with Crippen LogP contribution < -0.4 is 4.72 Å². The number of alkyl halides is 3. The summed E-state index contributed by atoms with van der Waals surface area (Å²) in [6.45, 7) is 2.76. The first-order valence-electron chi connectivity index (χ1n) is 15.2. The lowest BCUT2D eigenvalue weighted by molar-refractivity contribution is -0.161. The number of nitrogens with zero attached hydrogens (tertiary/aromatic N) is 1. The quantitative estimate of drug-likeness (QED) is 0.222. The topological polar surface area (TPSA) is 106 Å². The Labute approximate surface area is 249 Å². The molecule has 7 nitrogen and oxygen atoms in total. The van der Waals surface area contributed by atoms with E-state index >= 15 is 0 Å². The van der Waals surface area contributed by atoms with Crippen molar-refractivity contribution in [3.63, 3.8) is 0 Å². The average molecular weight is 607 g/mol. The molecule has 0 saturated heterocycles. The number of cyclic esters (lactones) is 1. The molecule has 0 fully saturated rings. The Hall–Kier alpha value is -3.86. The maximum Gasteiger partial charge on any atom is 0.417 e. The number of hydrogen-bond donors (Lipinski definition) is 2. The number of rotatable bonds is 11. The van der Waals surface area contributed by atoms with Gasteiger partial charge in [0.05, 0.1) is 11.1 Å². The van der Waals surface area contributed by atoms with E-state index in [0.29, 0.717) is 17.8 Å². The molecule has 2 N–H and O–H groups in total. The second kappa shape index (κ2) is 12.6. The summed E-state index contributed by atoms with van der Waals surface area (Å²) in [4.78, 5) is 17.1. The van der Waals surface area contributed by atoms with Crippen molar-refractivity contribution in [2.45, 2.75) is 75.0 Å². The van der Waals surface area contributed by atoms with Crippen LogP contribution in [0.2, 0.25) is 0 Å². The van der Waals surface area contributed by atoms with Gasteiger partial charge in [-0.15, -0.1) is 0 Å². The Morgan fingerprint density at radius 3 is 2.45 bits per heavy atom. The largest absolute Gasteiger partial charge is 0.512 e. The third-order valence-electron chi connectivity index (χ3n) is 6.92. The second-order valence-electron chi connectivity index (χ2n) is 9.86. The predicted octanol–water partition coefficient (Wildman–Crippen LogP) is 7.33. The number of halogens is 3. The van der Waals surface area contributed by atoms with Crippen molar-refractivity contribution in [3.05, 3.63) is 101 Å². The number of benzene rings is 2. The number of hydrogen-bond acceptors (Lipinski definition) is 6. The van der Waals surface area contributed by atoms with Gasteiger partial charge < -0.3 is 9.84 Å². The van der Waals surface area contributed by atoms with Crippen LogP contribution in [0.5, 0.6) is 0 Å². The Morgan fingerprint density at radius 1 is 1.12 bits per heavy atom. The zero-order chi connectivity index (χ0) is 34.1. The summed E-state index contributed by atoms with van der Waals surface area (Å²) in [7, 11) is -4.40. The number of anilines is 1. The van der Waals surface area contributed by atoms with Crippen LogP contribution in [0.4, 0.5) is 18.9 Å². The van der Waals surface area contributed by atoms with Crippen molar-refractivity contribution in [2.75, 3.05) is 4.72 Å². The first kappa shape index (κ1) is 25.8. The van der Waals surface area contributed by atoms with Gasteiger partial charge in [0, 0.05) is 29.7 Å². The Bertz CT molecular complexity index is 1710. The van der Waals surface area contributed by atoms with Crippen LogP contribution in [-0.4, -0.2) is 30.1 Å². The van der Waals surface area contributed by atoms with Gasteiger partial charge in [-0.1, -0.05) is 62.7 Å². The lowest BCUT2D eigenvalue weighted by atomic mass is 9.80. The number of aromatic nitrogens is 1. The smallest absolute Gasteiger partial charge is 0.417 e. The van der Waals surface area contributed by atoms with Gasteiger partial charge in [-0.05, 0) is 61.0 Å².